The van der Waals surface area contributed by atoms with Gasteiger partial charge in [0.05, 0.1) is 16.3 Å². The molecule has 6 nitrogen and oxygen atoms in total. The first-order chi connectivity index (χ1) is 11.3. The summed E-state index contributed by atoms with van der Waals surface area (Å²) in [6, 6.07) is 2.33. The Balaban J connectivity index is 2.48. The van der Waals surface area contributed by atoms with E-state index in [1.807, 2.05) is 4.72 Å². The van der Waals surface area contributed by atoms with E-state index in [0.29, 0.717) is 6.07 Å². The van der Waals surface area contributed by atoms with Crippen LogP contribution in [-0.4, -0.2) is 24.5 Å². The second kappa shape index (κ2) is 6.26. The zero-order chi connectivity index (χ0) is 19.2. The van der Waals surface area contributed by atoms with E-state index in [2.05, 4.69) is 4.98 Å². The van der Waals surface area contributed by atoms with Gasteiger partial charge in [0.25, 0.3) is 10.0 Å². The Morgan fingerprint density at radius 1 is 1.24 bits per heavy atom. The number of aryl methyl sites for hydroxylation is 2. The summed E-state index contributed by atoms with van der Waals surface area (Å²) in [4.78, 5) is 13.4. The van der Waals surface area contributed by atoms with E-state index in [0.717, 1.165) is 12.1 Å². The molecule has 1 aromatic heterocycles. The Bertz CT molecular complexity index is 952. The van der Waals surface area contributed by atoms with Crippen LogP contribution >= 0.6 is 11.6 Å². The summed E-state index contributed by atoms with van der Waals surface area (Å²) in [7, 11) is -4.37. The summed E-state index contributed by atoms with van der Waals surface area (Å²) < 4.78 is 65.1. The molecular formula is C14H12ClF3N2O4S. The van der Waals surface area contributed by atoms with Crippen molar-refractivity contribution in [1.29, 1.82) is 0 Å². The number of aromatic carboxylic acids is 1. The van der Waals surface area contributed by atoms with E-state index in [4.69, 9.17) is 11.6 Å². The fourth-order valence-electron chi connectivity index (χ4n) is 2.37. The van der Waals surface area contributed by atoms with Gasteiger partial charge in [-0.2, -0.15) is 13.2 Å². The minimum Gasteiger partial charge on any atom is -0.478 e. The molecule has 0 aliphatic carbocycles. The molecule has 0 saturated heterocycles. The number of alkyl halides is 3. The van der Waals surface area contributed by atoms with Crippen molar-refractivity contribution in [2.45, 2.75) is 24.9 Å². The number of anilines is 1. The highest BCUT2D eigenvalue weighted by molar-refractivity contribution is 7.92. The number of aromatic nitrogens is 1. The lowest BCUT2D eigenvalue weighted by Crippen LogP contribution is -2.17. The Morgan fingerprint density at radius 3 is 2.32 bits per heavy atom. The summed E-state index contributed by atoms with van der Waals surface area (Å²) in [5.41, 5.74) is -1.57. The van der Waals surface area contributed by atoms with Crippen LogP contribution in [0.4, 0.5) is 18.9 Å². The smallest absolute Gasteiger partial charge is 0.417 e. The highest BCUT2D eigenvalue weighted by atomic mass is 35.5. The quantitative estimate of drug-likeness (QED) is 0.731. The van der Waals surface area contributed by atoms with Gasteiger partial charge in [0.1, 0.15) is 10.5 Å². The third kappa shape index (κ3) is 3.74. The van der Waals surface area contributed by atoms with Crippen LogP contribution in [0.1, 0.15) is 27.3 Å². The highest BCUT2D eigenvalue weighted by Gasteiger charge is 2.34. The first-order valence-electron chi connectivity index (χ1n) is 6.66. The maximum atomic E-state index is 12.7. The molecular weight excluding hydrogens is 385 g/mol. The van der Waals surface area contributed by atoms with E-state index in [9.17, 15) is 31.5 Å². The van der Waals surface area contributed by atoms with Crippen molar-refractivity contribution in [2.75, 3.05) is 4.72 Å². The number of halogens is 4. The number of carboxylic acid groups (broad SMARTS) is 1. The molecule has 1 heterocycles. The molecule has 0 saturated carbocycles. The molecule has 3 N–H and O–H groups in total. The molecule has 25 heavy (non-hydrogen) atoms. The van der Waals surface area contributed by atoms with Crippen molar-refractivity contribution in [1.82, 2.24) is 4.98 Å². The molecule has 0 radical (unpaired) electrons. The Hall–Kier alpha value is -2.20. The number of hydrogen-bond donors (Lipinski definition) is 3. The van der Waals surface area contributed by atoms with Gasteiger partial charge in [-0.05, 0) is 32.0 Å². The van der Waals surface area contributed by atoms with Crippen molar-refractivity contribution < 1.29 is 31.5 Å². The van der Waals surface area contributed by atoms with Crippen LogP contribution in [-0.2, 0) is 16.2 Å². The molecule has 0 aliphatic heterocycles. The predicted octanol–water partition coefficient (Wildman–Crippen LogP) is 3.80. The van der Waals surface area contributed by atoms with Gasteiger partial charge in [0.15, 0.2) is 0 Å². The van der Waals surface area contributed by atoms with Crippen molar-refractivity contribution >= 4 is 33.3 Å². The molecule has 0 spiro atoms. The molecule has 0 fully saturated rings. The van der Waals surface area contributed by atoms with Crippen LogP contribution in [0.25, 0.3) is 0 Å². The summed E-state index contributed by atoms with van der Waals surface area (Å²) in [5.74, 6) is -1.45. The topological polar surface area (TPSA) is 99.3 Å². The fourth-order valence-corrected chi connectivity index (χ4v) is 4.16. The lowest BCUT2D eigenvalue weighted by atomic mass is 10.2. The molecule has 1 aromatic carbocycles. The average Bonchev–Trinajstić information content (AvgIpc) is 2.72. The molecule has 0 unspecified atom stereocenters. The van der Waals surface area contributed by atoms with E-state index in [-0.39, 0.29) is 17.1 Å². The maximum absolute atomic E-state index is 12.7. The van der Waals surface area contributed by atoms with Crippen LogP contribution in [0.15, 0.2) is 23.1 Å². The molecule has 0 bridgehead atoms. The largest absolute Gasteiger partial charge is 0.478 e. The summed E-state index contributed by atoms with van der Waals surface area (Å²) in [5, 5.41) is 8.51. The lowest BCUT2D eigenvalue weighted by Gasteiger charge is -2.12. The zero-order valence-electron chi connectivity index (χ0n) is 12.8. The van der Waals surface area contributed by atoms with Crippen LogP contribution in [0.3, 0.4) is 0 Å². The van der Waals surface area contributed by atoms with Gasteiger partial charge in [-0.25, -0.2) is 13.2 Å². The first-order valence-corrected chi connectivity index (χ1v) is 8.52. The molecule has 136 valence electrons. The molecule has 2 aromatic rings. The van der Waals surface area contributed by atoms with Gasteiger partial charge in [-0.15, -0.1) is 0 Å². The van der Waals surface area contributed by atoms with Gasteiger partial charge in [-0.3, -0.25) is 4.72 Å². The SMILES string of the molecule is Cc1[nH]c(C)c(S(=O)(=O)Nc2ccc(C(F)(F)F)c(Cl)c2)c1C(=O)O. The Kier molecular flexibility index (Phi) is 4.79. The van der Waals surface area contributed by atoms with Crippen molar-refractivity contribution in [3.8, 4) is 0 Å². The zero-order valence-corrected chi connectivity index (χ0v) is 14.4. The molecule has 11 heteroatoms. The molecule has 0 aliphatic rings. The van der Waals surface area contributed by atoms with Crippen molar-refractivity contribution in [3.05, 3.63) is 45.7 Å². The molecule has 0 amide bonds. The number of hydrogen-bond acceptors (Lipinski definition) is 3. The number of carboxylic acids is 1. The van der Waals surface area contributed by atoms with Crippen LogP contribution in [0.2, 0.25) is 5.02 Å². The molecule has 2 rings (SSSR count). The lowest BCUT2D eigenvalue weighted by molar-refractivity contribution is -0.137. The number of aromatic amines is 1. The first kappa shape index (κ1) is 19.1. The second-order valence-electron chi connectivity index (χ2n) is 5.18. The third-order valence-electron chi connectivity index (χ3n) is 3.33. The Morgan fingerprint density at radius 2 is 1.84 bits per heavy atom. The highest BCUT2D eigenvalue weighted by Crippen LogP contribution is 2.36. The minimum atomic E-state index is -4.68. The van der Waals surface area contributed by atoms with Crippen molar-refractivity contribution in [2.24, 2.45) is 0 Å². The number of sulfonamides is 1. The predicted molar refractivity (Wildman–Crippen MR) is 84.5 cm³/mol. The third-order valence-corrected chi connectivity index (χ3v) is 5.19. The summed E-state index contributed by atoms with van der Waals surface area (Å²) in [6.45, 7) is 2.76. The van der Waals surface area contributed by atoms with E-state index in [1.54, 1.807) is 0 Å². The van der Waals surface area contributed by atoms with Gasteiger partial charge in [0.2, 0.25) is 0 Å². The van der Waals surface area contributed by atoms with E-state index >= 15 is 0 Å². The number of H-pyrrole nitrogens is 1. The Labute approximate surface area is 145 Å². The number of nitrogens with one attached hydrogen (secondary N) is 2. The minimum absolute atomic E-state index is 0.0837. The average molecular weight is 397 g/mol. The summed E-state index contributed by atoms with van der Waals surface area (Å²) >= 11 is 5.55. The van der Waals surface area contributed by atoms with E-state index < -0.39 is 43.2 Å². The fraction of sp³-hybridized carbons (Fsp3) is 0.214. The van der Waals surface area contributed by atoms with Crippen LogP contribution in [0, 0.1) is 13.8 Å². The van der Waals surface area contributed by atoms with Crippen LogP contribution < -0.4 is 4.72 Å². The van der Waals surface area contributed by atoms with Gasteiger partial charge < -0.3 is 10.1 Å². The van der Waals surface area contributed by atoms with Gasteiger partial charge in [-0.1, -0.05) is 11.6 Å². The van der Waals surface area contributed by atoms with Gasteiger partial charge in [0, 0.05) is 11.4 Å². The standard InChI is InChI=1S/C14H12ClF3N2O4S/c1-6-11(13(21)22)12(7(2)19-6)25(23,24)20-8-3-4-9(10(15)5-8)14(16,17)18/h3-5,19-20H,1-2H3,(H,21,22). The molecule has 0 atom stereocenters. The van der Waals surface area contributed by atoms with Crippen LogP contribution in [0.5, 0.6) is 0 Å². The number of rotatable bonds is 4. The van der Waals surface area contributed by atoms with E-state index in [1.165, 1.54) is 13.8 Å². The van der Waals surface area contributed by atoms with Gasteiger partial charge >= 0.3 is 12.1 Å². The number of carbonyl (C=O) groups is 1. The second-order valence-corrected chi connectivity index (χ2v) is 7.21. The van der Waals surface area contributed by atoms with Crippen molar-refractivity contribution in [3.63, 3.8) is 0 Å². The maximum Gasteiger partial charge on any atom is 0.417 e. The normalized spacial score (nSPS) is 12.2. The summed E-state index contributed by atoms with van der Waals surface area (Å²) in [6.07, 6.45) is -4.68. The monoisotopic (exact) mass is 396 g/mol. The number of benzene rings is 1.